The van der Waals surface area contributed by atoms with Crippen molar-refractivity contribution in [3.63, 3.8) is 0 Å². The minimum atomic E-state index is -0.101. The number of amides is 1. The standard InChI is InChI=1S/C14H14N6O2/c21-14(11-4-8-22-18-11)19-6-3-10(9-19)16-12-1-2-13-15-5-7-20(13)17-12/h1-2,4-5,7-8,10H,3,6,9H2,(H,16,17). The van der Waals surface area contributed by atoms with Crippen LogP contribution >= 0.6 is 0 Å². The van der Waals surface area contributed by atoms with Crippen molar-refractivity contribution in [2.45, 2.75) is 12.5 Å². The minimum Gasteiger partial charge on any atom is -0.364 e. The van der Waals surface area contributed by atoms with Gasteiger partial charge in [-0.1, -0.05) is 5.16 Å². The van der Waals surface area contributed by atoms with Crippen LogP contribution in [-0.2, 0) is 0 Å². The van der Waals surface area contributed by atoms with Crippen molar-refractivity contribution in [1.82, 2.24) is 24.7 Å². The monoisotopic (exact) mass is 298 g/mol. The van der Waals surface area contributed by atoms with Crippen LogP contribution in [0.15, 0.2) is 41.4 Å². The highest BCUT2D eigenvalue weighted by molar-refractivity contribution is 5.92. The van der Waals surface area contributed by atoms with Crippen LogP contribution in [0.3, 0.4) is 0 Å². The number of aromatic nitrogens is 4. The van der Waals surface area contributed by atoms with Gasteiger partial charge >= 0.3 is 0 Å². The summed E-state index contributed by atoms with van der Waals surface area (Å²) in [5.74, 6) is 0.669. The highest BCUT2D eigenvalue weighted by atomic mass is 16.5. The van der Waals surface area contributed by atoms with E-state index >= 15 is 0 Å². The van der Waals surface area contributed by atoms with Crippen LogP contribution in [0, 0.1) is 0 Å². The van der Waals surface area contributed by atoms with Gasteiger partial charge < -0.3 is 14.7 Å². The van der Waals surface area contributed by atoms with Crippen molar-refractivity contribution >= 4 is 17.4 Å². The van der Waals surface area contributed by atoms with Crippen LogP contribution in [-0.4, -0.2) is 49.7 Å². The van der Waals surface area contributed by atoms with E-state index in [1.807, 2.05) is 12.1 Å². The lowest BCUT2D eigenvalue weighted by Gasteiger charge is -2.16. The zero-order chi connectivity index (χ0) is 14.9. The molecule has 0 bridgehead atoms. The second-order valence-corrected chi connectivity index (χ2v) is 5.21. The Kier molecular flexibility index (Phi) is 2.99. The Balaban J connectivity index is 1.43. The number of likely N-dealkylation sites (tertiary alicyclic amines) is 1. The average molecular weight is 298 g/mol. The van der Waals surface area contributed by atoms with E-state index in [2.05, 4.69) is 20.6 Å². The molecule has 3 aromatic heterocycles. The van der Waals surface area contributed by atoms with E-state index in [4.69, 9.17) is 4.52 Å². The van der Waals surface area contributed by atoms with E-state index in [0.717, 1.165) is 17.9 Å². The first-order valence-corrected chi connectivity index (χ1v) is 7.06. The summed E-state index contributed by atoms with van der Waals surface area (Å²) in [4.78, 5) is 18.1. The van der Waals surface area contributed by atoms with E-state index in [9.17, 15) is 4.79 Å². The number of carbonyl (C=O) groups excluding carboxylic acids is 1. The van der Waals surface area contributed by atoms with Crippen LogP contribution in [0.2, 0.25) is 0 Å². The molecular formula is C14H14N6O2. The van der Waals surface area contributed by atoms with Gasteiger partial charge in [0.05, 0.1) is 0 Å². The first-order chi connectivity index (χ1) is 10.8. The molecule has 1 saturated heterocycles. The number of hydrogen-bond acceptors (Lipinski definition) is 6. The predicted molar refractivity (Wildman–Crippen MR) is 77.4 cm³/mol. The van der Waals surface area contributed by atoms with Crippen molar-refractivity contribution in [2.24, 2.45) is 0 Å². The lowest BCUT2D eigenvalue weighted by molar-refractivity contribution is 0.0781. The smallest absolute Gasteiger partial charge is 0.276 e. The third-order valence-corrected chi connectivity index (χ3v) is 3.74. The van der Waals surface area contributed by atoms with Gasteiger partial charge in [-0.25, -0.2) is 9.50 Å². The molecule has 112 valence electrons. The fraction of sp³-hybridized carbons (Fsp3) is 0.286. The number of imidazole rings is 1. The first-order valence-electron chi connectivity index (χ1n) is 7.06. The lowest BCUT2D eigenvalue weighted by atomic mass is 10.2. The number of nitrogens with one attached hydrogen (secondary N) is 1. The summed E-state index contributed by atoms with van der Waals surface area (Å²) >= 11 is 0. The zero-order valence-electron chi connectivity index (χ0n) is 11.7. The summed E-state index contributed by atoms with van der Waals surface area (Å²) in [5.41, 5.74) is 1.15. The maximum atomic E-state index is 12.2. The van der Waals surface area contributed by atoms with Crippen LogP contribution in [0.25, 0.3) is 5.65 Å². The Morgan fingerprint density at radius 2 is 2.32 bits per heavy atom. The molecule has 0 saturated carbocycles. The Morgan fingerprint density at radius 1 is 1.36 bits per heavy atom. The zero-order valence-corrected chi connectivity index (χ0v) is 11.7. The molecule has 8 heteroatoms. The molecule has 4 rings (SSSR count). The van der Waals surface area contributed by atoms with E-state index in [0.29, 0.717) is 18.8 Å². The molecule has 1 unspecified atom stereocenters. The topological polar surface area (TPSA) is 88.6 Å². The van der Waals surface area contributed by atoms with Gasteiger partial charge in [0.1, 0.15) is 12.1 Å². The second kappa shape index (κ2) is 5.14. The lowest BCUT2D eigenvalue weighted by Crippen LogP contribution is -2.32. The molecule has 8 nitrogen and oxygen atoms in total. The van der Waals surface area contributed by atoms with Gasteiger partial charge in [-0.2, -0.15) is 0 Å². The Hall–Kier alpha value is -2.90. The third kappa shape index (κ3) is 2.28. The van der Waals surface area contributed by atoms with Gasteiger partial charge in [-0.15, -0.1) is 5.10 Å². The van der Waals surface area contributed by atoms with Crippen LogP contribution < -0.4 is 5.32 Å². The van der Waals surface area contributed by atoms with Crippen LogP contribution in [0.1, 0.15) is 16.9 Å². The number of nitrogens with zero attached hydrogens (tertiary/aromatic N) is 5. The van der Waals surface area contributed by atoms with Gasteiger partial charge in [0.15, 0.2) is 11.3 Å². The van der Waals surface area contributed by atoms with Crippen LogP contribution in [0.4, 0.5) is 5.82 Å². The largest absolute Gasteiger partial charge is 0.364 e. The highest BCUT2D eigenvalue weighted by Gasteiger charge is 2.28. The van der Waals surface area contributed by atoms with Gasteiger partial charge in [0, 0.05) is 37.6 Å². The minimum absolute atomic E-state index is 0.101. The van der Waals surface area contributed by atoms with E-state index in [-0.39, 0.29) is 11.9 Å². The summed E-state index contributed by atoms with van der Waals surface area (Å²) in [6, 6.07) is 5.55. The fourth-order valence-electron chi connectivity index (χ4n) is 2.65. The molecule has 3 aromatic rings. The molecule has 1 aliphatic heterocycles. The van der Waals surface area contributed by atoms with Gasteiger partial charge in [0.25, 0.3) is 5.91 Å². The molecular weight excluding hydrogens is 284 g/mol. The highest BCUT2D eigenvalue weighted by Crippen LogP contribution is 2.16. The van der Waals surface area contributed by atoms with Gasteiger partial charge in [-0.3, -0.25) is 4.79 Å². The second-order valence-electron chi connectivity index (χ2n) is 5.21. The van der Waals surface area contributed by atoms with Crippen molar-refractivity contribution in [3.8, 4) is 0 Å². The molecule has 0 aromatic carbocycles. The number of hydrogen-bond donors (Lipinski definition) is 1. The average Bonchev–Trinajstić information content (AvgIpc) is 3.27. The maximum absolute atomic E-state index is 12.2. The molecule has 4 heterocycles. The molecule has 1 N–H and O–H groups in total. The van der Waals surface area contributed by atoms with Crippen LogP contribution in [0.5, 0.6) is 0 Å². The number of carbonyl (C=O) groups is 1. The summed E-state index contributed by atoms with van der Waals surface area (Å²) in [6.07, 6.45) is 5.78. The van der Waals surface area contributed by atoms with Crippen molar-refractivity contribution in [2.75, 3.05) is 18.4 Å². The number of fused-ring (bicyclic) bond motifs is 1. The van der Waals surface area contributed by atoms with Gasteiger partial charge in [-0.05, 0) is 18.6 Å². The van der Waals surface area contributed by atoms with E-state index < -0.39 is 0 Å². The molecule has 0 radical (unpaired) electrons. The molecule has 1 atom stereocenters. The van der Waals surface area contributed by atoms with Gasteiger partial charge in [0.2, 0.25) is 0 Å². The molecule has 0 aliphatic carbocycles. The van der Waals surface area contributed by atoms with Crippen molar-refractivity contribution in [1.29, 1.82) is 0 Å². The molecule has 0 spiro atoms. The molecule has 1 fully saturated rings. The number of rotatable bonds is 3. The van der Waals surface area contributed by atoms with E-state index in [1.165, 1.54) is 6.26 Å². The molecule has 22 heavy (non-hydrogen) atoms. The Morgan fingerprint density at radius 3 is 3.18 bits per heavy atom. The summed E-state index contributed by atoms with van der Waals surface area (Å²) < 4.78 is 6.44. The summed E-state index contributed by atoms with van der Waals surface area (Å²) in [6.45, 7) is 1.31. The maximum Gasteiger partial charge on any atom is 0.276 e. The quantitative estimate of drug-likeness (QED) is 0.777. The van der Waals surface area contributed by atoms with Crippen molar-refractivity contribution in [3.05, 3.63) is 42.5 Å². The SMILES string of the molecule is O=C(c1ccon1)N1CCC(Nc2ccc3nccn3n2)C1. The summed E-state index contributed by atoms with van der Waals surface area (Å²) in [5, 5.41) is 11.5. The third-order valence-electron chi connectivity index (χ3n) is 3.74. The Bertz CT molecular complexity index is 797. The molecule has 1 amide bonds. The summed E-state index contributed by atoms with van der Waals surface area (Å²) in [7, 11) is 0. The first kappa shape index (κ1) is 12.8. The Labute approximate surface area is 125 Å². The van der Waals surface area contributed by atoms with Crippen molar-refractivity contribution < 1.29 is 9.32 Å². The molecule has 1 aliphatic rings. The normalized spacial score (nSPS) is 18.0. The number of anilines is 1. The fourth-order valence-corrected chi connectivity index (χ4v) is 2.65. The predicted octanol–water partition coefficient (Wildman–Crippen LogP) is 1.04. The van der Waals surface area contributed by atoms with E-state index in [1.54, 1.807) is 27.9 Å².